The molecule has 0 aliphatic rings. The van der Waals surface area contributed by atoms with E-state index in [1.165, 1.54) is 0 Å². The van der Waals surface area contributed by atoms with Gasteiger partial charge in [-0.3, -0.25) is 4.79 Å². The van der Waals surface area contributed by atoms with Crippen LogP contribution in [0.5, 0.6) is 0 Å². The van der Waals surface area contributed by atoms with Gasteiger partial charge in [-0.05, 0) is 35.7 Å². The minimum atomic E-state index is -0.511. The lowest BCUT2D eigenvalue weighted by molar-refractivity contribution is 0.100. The van der Waals surface area contributed by atoms with Crippen molar-refractivity contribution in [2.75, 3.05) is 5.73 Å². The number of hydrogen-bond donors (Lipinski definition) is 2. The van der Waals surface area contributed by atoms with Crippen molar-refractivity contribution in [3.63, 3.8) is 0 Å². The summed E-state index contributed by atoms with van der Waals surface area (Å²) in [6.07, 6.45) is 6.13. The van der Waals surface area contributed by atoms with Crippen LogP contribution in [0.15, 0.2) is 61.2 Å². The van der Waals surface area contributed by atoms with Gasteiger partial charge in [-0.15, -0.1) is 0 Å². The summed E-state index contributed by atoms with van der Waals surface area (Å²) in [7, 11) is 0. The normalized spacial score (nSPS) is 10.5. The molecule has 0 aliphatic carbocycles. The van der Waals surface area contributed by atoms with E-state index in [0.717, 1.165) is 16.8 Å². The van der Waals surface area contributed by atoms with Crippen LogP contribution >= 0.6 is 0 Å². The Morgan fingerprint density at radius 3 is 2.68 bits per heavy atom. The van der Waals surface area contributed by atoms with Crippen molar-refractivity contribution in [1.29, 1.82) is 0 Å². The number of para-hydroxylation sites is 1. The highest BCUT2D eigenvalue weighted by Gasteiger charge is 2.09. The summed E-state index contributed by atoms with van der Waals surface area (Å²) >= 11 is 0. The molecule has 4 N–H and O–H groups in total. The van der Waals surface area contributed by atoms with Crippen molar-refractivity contribution < 1.29 is 4.79 Å². The summed E-state index contributed by atoms with van der Waals surface area (Å²) in [6.45, 7) is 0. The molecular formula is C17H16N4O. The fourth-order valence-electron chi connectivity index (χ4n) is 2.48. The Hall–Kier alpha value is -3.08. The minimum Gasteiger partial charge on any atom is -0.398 e. The van der Waals surface area contributed by atoms with Gasteiger partial charge < -0.3 is 16.0 Å². The third-order valence-corrected chi connectivity index (χ3v) is 3.55. The quantitative estimate of drug-likeness (QED) is 0.722. The first-order valence-corrected chi connectivity index (χ1v) is 6.89. The molecule has 0 atom stereocenters. The number of rotatable bonds is 4. The standard InChI is InChI=1S/C17H16N4O/c18-15-10-12(5-6-14(15)17(19)22)9-13-3-1-2-4-16(13)21-8-7-20-11-21/h1-8,10-11H,9,18H2,(H2,19,22). The highest BCUT2D eigenvalue weighted by molar-refractivity contribution is 5.98. The molecule has 2 aromatic carbocycles. The molecule has 0 radical (unpaired) electrons. The average Bonchev–Trinajstić information content (AvgIpc) is 3.01. The second kappa shape index (κ2) is 5.73. The van der Waals surface area contributed by atoms with Crippen molar-refractivity contribution in [2.24, 2.45) is 5.73 Å². The number of amides is 1. The van der Waals surface area contributed by atoms with E-state index < -0.39 is 5.91 Å². The average molecular weight is 292 g/mol. The van der Waals surface area contributed by atoms with E-state index in [4.69, 9.17) is 11.5 Å². The maximum Gasteiger partial charge on any atom is 0.250 e. The van der Waals surface area contributed by atoms with Gasteiger partial charge in [0, 0.05) is 23.8 Å². The summed E-state index contributed by atoms with van der Waals surface area (Å²) in [5, 5.41) is 0. The molecule has 1 amide bonds. The highest BCUT2D eigenvalue weighted by atomic mass is 16.1. The number of nitrogens with two attached hydrogens (primary N) is 2. The predicted octanol–water partition coefficient (Wildman–Crippen LogP) is 2.14. The topological polar surface area (TPSA) is 86.9 Å². The van der Waals surface area contributed by atoms with Gasteiger partial charge in [-0.1, -0.05) is 24.3 Å². The first-order valence-electron chi connectivity index (χ1n) is 6.89. The summed E-state index contributed by atoms with van der Waals surface area (Å²) in [5.41, 5.74) is 15.2. The van der Waals surface area contributed by atoms with Crippen LogP contribution in [-0.4, -0.2) is 15.5 Å². The Labute approximate surface area is 128 Å². The van der Waals surface area contributed by atoms with Gasteiger partial charge in [-0.25, -0.2) is 4.98 Å². The van der Waals surface area contributed by atoms with E-state index in [-0.39, 0.29) is 0 Å². The zero-order chi connectivity index (χ0) is 15.5. The largest absolute Gasteiger partial charge is 0.398 e. The van der Waals surface area contributed by atoms with Crippen LogP contribution in [0.1, 0.15) is 21.5 Å². The Morgan fingerprint density at radius 1 is 1.18 bits per heavy atom. The molecule has 0 saturated heterocycles. The summed E-state index contributed by atoms with van der Waals surface area (Å²) in [6, 6.07) is 13.4. The fraction of sp³-hybridized carbons (Fsp3) is 0.0588. The molecule has 0 unspecified atom stereocenters. The molecule has 5 nitrogen and oxygen atoms in total. The van der Waals surface area contributed by atoms with Gasteiger partial charge in [0.25, 0.3) is 5.91 Å². The lowest BCUT2D eigenvalue weighted by Gasteiger charge is -2.11. The first-order chi connectivity index (χ1) is 10.6. The molecule has 3 rings (SSSR count). The zero-order valence-electron chi connectivity index (χ0n) is 11.9. The Kier molecular flexibility index (Phi) is 3.62. The number of nitrogen functional groups attached to an aromatic ring is 1. The van der Waals surface area contributed by atoms with Crippen LogP contribution in [0, 0.1) is 0 Å². The van der Waals surface area contributed by atoms with E-state index in [1.54, 1.807) is 24.7 Å². The number of benzene rings is 2. The molecule has 1 heterocycles. The molecule has 5 heteroatoms. The van der Waals surface area contributed by atoms with Gasteiger partial charge >= 0.3 is 0 Å². The zero-order valence-corrected chi connectivity index (χ0v) is 11.9. The van der Waals surface area contributed by atoms with Crippen LogP contribution in [0.25, 0.3) is 5.69 Å². The number of hydrogen-bond acceptors (Lipinski definition) is 3. The maximum absolute atomic E-state index is 11.2. The van der Waals surface area contributed by atoms with Gasteiger partial charge in [0.05, 0.1) is 11.9 Å². The highest BCUT2D eigenvalue weighted by Crippen LogP contribution is 2.21. The second-order valence-corrected chi connectivity index (χ2v) is 5.06. The van der Waals surface area contributed by atoms with Gasteiger partial charge in [0.2, 0.25) is 0 Å². The molecule has 0 fully saturated rings. The van der Waals surface area contributed by atoms with Crippen molar-refractivity contribution in [2.45, 2.75) is 6.42 Å². The number of imidazole rings is 1. The van der Waals surface area contributed by atoms with Crippen LogP contribution < -0.4 is 11.5 Å². The smallest absolute Gasteiger partial charge is 0.250 e. The van der Waals surface area contributed by atoms with E-state index in [2.05, 4.69) is 11.1 Å². The monoisotopic (exact) mass is 292 g/mol. The Balaban J connectivity index is 1.94. The predicted molar refractivity (Wildman–Crippen MR) is 85.7 cm³/mol. The number of carbonyl (C=O) groups is 1. The number of anilines is 1. The number of carbonyl (C=O) groups excluding carboxylic acids is 1. The molecule has 3 aromatic rings. The maximum atomic E-state index is 11.2. The van der Waals surface area contributed by atoms with E-state index in [9.17, 15) is 4.79 Å². The van der Waals surface area contributed by atoms with E-state index in [1.807, 2.05) is 35.0 Å². The van der Waals surface area contributed by atoms with Crippen molar-refractivity contribution in [1.82, 2.24) is 9.55 Å². The van der Waals surface area contributed by atoms with Crippen LogP contribution in [0.4, 0.5) is 5.69 Å². The second-order valence-electron chi connectivity index (χ2n) is 5.06. The summed E-state index contributed by atoms with van der Waals surface area (Å²) in [4.78, 5) is 15.3. The molecule has 0 bridgehead atoms. The minimum absolute atomic E-state index is 0.353. The van der Waals surface area contributed by atoms with Crippen LogP contribution in [-0.2, 0) is 6.42 Å². The van der Waals surface area contributed by atoms with Gasteiger partial charge in [0.15, 0.2) is 0 Å². The van der Waals surface area contributed by atoms with Gasteiger partial charge in [0.1, 0.15) is 0 Å². The van der Waals surface area contributed by atoms with Crippen LogP contribution in [0.2, 0.25) is 0 Å². The summed E-state index contributed by atoms with van der Waals surface area (Å²) in [5.74, 6) is -0.511. The third-order valence-electron chi connectivity index (χ3n) is 3.55. The van der Waals surface area contributed by atoms with Crippen molar-refractivity contribution in [3.8, 4) is 5.69 Å². The van der Waals surface area contributed by atoms with Gasteiger partial charge in [-0.2, -0.15) is 0 Å². The van der Waals surface area contributed by atoms with Crippen molar-refractivity contribution >= 4 is 11.6 Å². The van der Waals surface area contributed by atoms with E-state index in [0.29, 0.717) is 17.7 Å². The third kappa shape index (κ3) is 2.69. The van der Waals surface area contributed by atoms with E-state index >= 15 is 0 Å². The molecular weight excluding hydrogens is 276 g/mol. The molecule has 0 aliphatic heterocycles. The fourth-order valence-corrected chi connectivity index (χ4v) is 2.48. The number of primary amides is 1. The molecule has 0 spiro atoms. The molecule has 22 heavy (non-hydrogen) atoms. The SMILES string of the molecule is NC(=O)c1ccc(Cc2ccccc2-n2ccnc2)cc1N. The molecule has 110 valence electrons. The lowest BCUT2D eigenvalue weighted by Crippen LogP contribution is -2.13. The molecule has 1 aromatic heterocycles. The number of aromatic nitrogens is 2. The van der Waals surface area contributed by atoms with Crippen molar-refractivity contribution in [3.05, 3.63) is 77.9 Å². The Morgan fingerprint density at radius 2 is 2.00 bits per heavy atom. The lowest BCUT2D eigenvalue weighted by atomic mass is 10.0. The number of nitrogens with zero attached hydrogens (tertiary/aromatic N) is 2. The Bertz CT molecular complexity index is 809. The van der Waals surface area contributed by atoms with Crippen LogP contribution in [0.3, 0.4) is 0 Å². The first kappa shape index (κ1) is 13.9. The summed E-state index contributed by atoms with van der Waals surface area (Å²) < 4.78 is 1.97. The molecule has 0 saturated carbocycles.